The standard InChI is InChI=1S/C20H22N2O2/c1-14-17(16-9-5-6-10-18(16)22-14)13-20(24)21-12-11-19(23)15-7-3-2-4-8-15/h2-10,19,22-23H,11-13H2,1H3,(H,21,24). The zero-order chi connectivity index (χ0) is 16.9. The van der Waals surface area contributed by atoms with Crippen molar-refractivity contribution in [3.05, 3.63) is 71.4 Å². The zero-order valence-corrected chi connectivity index (χ0v) is 13.8. The summed E-state index contributed by atoms with van der Waals surface area (Å²) in [6, 6.07) is 17.5. The van der Waals surface area contributed by atoms with Crippen molar-refractivity contribution in [3.63, 3.8) is 0 Å². The Hall–Kier alpha value is -2.59. The zero-order valence-electron chi connectivity index (χ0n) is 13.8. The number of fused-ring (bicyclic) bond motifs is 1. The number of aromatic nitrogens is 1. The molecule has 0 fully saturated rings. The molecule has 3 N–H and O–H groups in total. The third kappa shape index (κ3) is 3.66. The monoisotopic (exact) mass is 322 g/mol. The van der Waals surface area contributed by atoms with E-state index >= 15 is 0 Å². The minimum Gasteiger partial charge on any atom is -0.388 e. The Bertz CT molecular complexity index is 824. The maximum absolute atomic E-state index is 12.2. The van der Waals surface area contributed by atoms with Crippen LogP contribution in [0, 0.1) is 6.92 Å². The van der Waals surface area contributed by atoms with Crippen LogP contribution in [0.15, 0.2) is 54.6 Å². The second kappa shape index (κ2) is 7.32. The number of nitrogens with one attached hydrogen (secondary N) is 2. The number of H-pyrrole nitrogens is 1. The molecule has 0 bridgehead atoms. The van der Waals surface area contributed by atoms with Gasteiger partial charge in [0.25, 0.3) is 0 Å². The van der Waals surface area contributed by atoms with Gasteiger partial charge in [-0.25, -0.2) is 0 Å². The molecule has 3 rings (SSSR count). The summed E-state index contributed by atoms with van der Waals surface area (Å²) < 4.78 is 0. The van der Waals surface area contributed by atoms with Crippen molar-refractivity contribution in [1.82, 2.24) is 10.3 Å². The van der Waals surface area contributed by atoms with Gasteiger partial charge in [0.1, 0.15) is 0 Å². The molecule has 1 unspecified atom stereocenters. The van der Waals surface area contributed by atoms with Crippen molar-refractivity contribution in [2.24, 2.45) is 0 Å². The molecule has 1 atom stereocenters. The molecule has 3 aromatic rings. The van der Waals surface area contributed by atoms with E-state index in [1.54, 1.807) is 0 Å². The smallest absolute Gasteiger partial charge is 0.224 e. The largest absolute Gasteiger partial charge is 0.388 e. The SMILES string of the molecule is Cc1[nH]c2ccccc2c1CC(=O)NCCC(O)c1ccccc1. The van der Waals surface area contributed by atoms with E-state index in [0.29, 0.717) is 19.4 Å². The number of hydrogen-bond acceptors (Lipinski definition) is 2. The lowest BCUT2D eigenvalue weighted by molar-refractivity contribution is -0.120. The number of para-hydroxylation sites is 1. The fourth-order valence-electron chi connectivity index (χ4n) is 2.98. The number of carbonyl (C=O) groups is 1. The van der Waals surface area contributed by atoms with Crippen LogP contribution in [0.1, 0.15) is 29.3 Å². The molecule has 0 aliphatic heterocycles. The van der Waals surface area contributed by atoms with Crippen LogP contribution < -0.4 is 5.32 Å². The molecule has 0 radical (unpaired) electrons. The molecule has 0 spiro atoms. The molecule has 1 aromatic heterocycles. The molecule has 24 heavy (non-hydrogen) atoms. The van der Waals surface area contributed by atoms with Crippen molar-refractivity contribution in [3.8, 4) is 0 Å². The highest BCUT2D eigenvalue weighted by molar-refractivity contribution is 5.90. The van der Waals surface area contributed by atoms with Crippen LogP contribution in [-0.2, 0) is 11.2 Å². The fraction of sp³-hybridized carbons (Fsp3) is 0.250. The van der Waals surface area contributed by atoms with Crippen LogP contribution in [0.25, 0.3) is 10.9 Å². The Morgan fingerprint density at radius 2 is 1.83 bits per heavy atom. The molecule has 4 nitrogen and oxygen atoms in total. The normalized spacial score (nSPS) is 12.2. The average Bonchev–Trinajstić information content (AvgIpc) is 2.91. The predicted molar refractivity (Wildman–Crippen MR) is 95.8 cm³/mol. The van der Waals surface area contributed by atoms with Gasteiger partial charge in [0, 0.05) is 23.1 Å². The van der Waals surface area contributed by atoms with Gasteiger partial charge in [-0.3, -0.25) is 4.79 Å². The highest BCUT2D eigenvalue weighted by Crippen LogP contribution is 2.22. The van der Waals surface area contributed by atoms with Gasteiger partial charge >= 0.3 is 0 Å². The maximum Gasteiger partial charge on any atom is 0.224 e. The number of aromatic amines is 1. The van der Waals surface area contributed by atoms with Gasteiger partial charge in [-0.15, -0.1) is 0 Å². The molecule has 124 valence electrons. The quantitative estimate of drug-likeness (QED) is 0.652. The predicted octanol–water partition coefficient (Wildman–Crippen LogP) is 3.26. The van der Waals surface area contributed by atoms with Crippen molar-refractivity contribution in [2.45, 2.75) is 25.9 Å². The number of aliphatic hydroxyl groups excluding tert-OH is 1. The van der Waals surface area contributed by atoms with Gasteiger partial charge in [0.05, 0.1) is 12.5 Å². The summed E-state index contributed by atoms with van der Waals surface area (Å²) in [6.45, 7) is 2.44. The Morgan fingerprint density at radius 3 is 2.62 bits per heavy atom. The van der Waals surface area contributed by atoms with E-state index < -0.39 is 6.10 Å². The van der Waals surface area contributed by atoms with E-state index in [0.717, 1.165) is 27.7 Å². The van der Waals surface area contributed by atoms with Gasteiger partial charge in [0.15, 0.2) is 0 Å². The third-order valence-corrected chi connectivity index (χ3v) is 4.29. The maximum atomic E-state index is 12.2. The molecule has 0 aliphatic rings. The molecular weight excluding hydrogens is 300 g/mol. The highest BCUT2D eigenvalue weighted by atomic mass is 16.3. The number of benzene rings is 2. The Kier molecular flexibility index (Phi) is 4.96. The van der Waals surface area contributed by atoms with Crippen LogP contribution >= 0.6 is 0 Å². The van der Waals surface area contributed by atoms with Gasteiger partial charge in [-0.1, -0.05) is 48.5 Å². The third-order valence-electron chi connectivity index (χ3n) is 4.29. The lowest BCUT2D eigenvalue weighted by atomic mass is 10.1. The molecule has 0 saturated heterocycles. The first kappa shape index (κ1) is 16.3. The molecule has 0 aliphatic carbocycles. The second-order valence-electron chi connectivity index (χ2n) is 6.02. The van der Waals surface area contributed by atoms with Crippen LogP contribution in [0.4, 0.5) is 0 Å². The molecule has 4 heteroatoms. The second-order valence-corrected chi connectivity index (χ2v) is 6.02. The topological polar surface area (TPSA) is 65.1 Å². The van der Waals surface area contributed by atoms with Crippen molar-refractivity contribution >= 4 is 16.8 Å². The van der Waals surface area contributed by atoms with Crippen LogP contribution in [0.3, 0.4) is 0 Å². The first-order chi connectivity index (χ1) is 11.6. The fourth-order valence-corrected chi connectivity index (χ4v) is 2.98. The van der Waals surface area contributed by atoms with Gasteiger partial charge in [-0.2, -0.15) is 0 Å². The minimum absolute atomic E-state index is 0.0249. The average molecular weight is 322 g/mol. The Balaban J connectivity index is 1.55. The van der Waals surface area contributed by atoms with Gasteiger partial charge in [-0.05, 0) is 30.5 Å². The summed E-state index contributed by atoms with van der Waals surface area (Å²) in [4.78, 5) is 15.5. The lowest BCUT2D eigenvalue weighted by Crippen LogP contribution is -2.27. The first-order valence-corrected chi connectivity index (χ1v) is 8.21. The van der Waals surface area contributed by atoms with E-state index in [1.165, 1.54) is 0 Å². The minimum atomic E-state index is -0.554. The number of hydrogen-bond donors (Lipinski definition) is 3. The summed E-state index contributed by atoms with van der Waals surface area (Å²) in [5.41, 5.74) is 3.99. The van der Waals surface area contributed by atoms with E-state index in [1.807, 2.05) is 61.5 Å². The van der Waals surface area contributed by atoms with Gasteiger partial charge in [0.2, 0.25) is 5.91 Å². The van der Waals surface area contributed by atoms with Crippen LogP contribution in [0.5, 0.6) is 0 Å². The summed E-state index contributed by atoms with van der Waals surface area (Å²) >= 11 is 0. The summed E-state index contributed by atoms with van der Waals surface area (Å²) in [6.07, 6.45) is 0.293. The van der Waals surface area contributed by atoms with Crippen LogP contribution in [-0.4, -0.2) is 22.5 Å². The summed E-state index contributed by atoms with van der Waals surface area (Å²) in [5, 5.41) is 14.1. The number of aryl methyl sites for hydroxylation is 1. The lowest BCUT2D eigenvalue weighted by Gasteiger charge is -2.11. The molecule has 1 heterocycles. The Labute approximate surface area is 141 Å². The van der Waals surface area contributed by atoms with Crippen molar-refractivity contribution in [2.75, 3.05) is 6.54 Å². The van der Waals surface area contributed by atoms with Crippen LogP contribution in [0.2, 0.25) is 0 Å². The van der Waals surface area contributed by atoms with E-state index in [2.05, 4.69) is 10.3 Å². The van der Waals surface area contributed by atoms with Crippen molar-refractivity contribution in [1.29, 1.82) is 0 Å². The Morgan fingerprint density at radius 1 is 1.12 bits per heavy atom. The number of rotatable bonds is 6. The van der Waals surface area contributed by atoms with E-state index in [-0.39, 0.29) is 5.91 Å². The molecule has 1 amide bonds. The number of aliphatic hydroxyl groups is 1. The first-order valence-electron chi connectivity index (χ1n) is 8.21. The van der Waals surface area contributed by atoms with Crippen molar-refractivity contribution < 1.29 is 9.90 Å². The molecular formula is C20H22N2O2. The summed E-state index contributed by atoms with van der Waals surface area (Å²) in [5.74, 6) is -0.0249. The molecule has 0 saturated carbocycles. The van der Waals surface area contributed by atoms with E-state index in [9.17, 15) is 9.90 Å². The highest BCUT2D eigenvalue weighted by Gasteiger charge is 2.13. The van der Waals surface area contributed by atoms with E-state index in [4.69, 9.17) is 0 Å². The number of carbonyl (C=O) groups excluding carboxylic acids is 1. The molecule has 2 aromatic carbocycles. The van der Waals surface area contributed by atoms with Gasteiger partial charge < -0.3 is 15.4 Å². The number of amides is 1. The summed E-state index contributed by atoms with van der Waals surface area (Å²) in [7, 11) is 0.